The maximum atomic E-state index is 14.2. The fourth-order valence-electron chi connectivity index (χ4n) is 1.82. The van der Waals surface area contributed by atoms with E-state index >= 15 is 0 Å². The van der Waals surface area contributed by atoms with Crippen LogP contribution >= 0.6 is 45.8 Å². The summed E-state index contributed by atoms with van der Waals surface area (Å²) in [5, 5.41) is 3.98. The summed E-state index contributed by atoms with van der Waals surface area (Å²) in [5.74, 6) is 0. The number of benzene rings is 2. The Hall–Kier alpha value is -1.18. The van der Waals surface area contributed by atoms with Gasteiger partial charge in [0.1, 0.15) is 0 Å². The van der Waals surface area contributed by atoms with Gasteiger partial charge in [0.15, 0.2) is 0 Å². The molecular formula is C17H12Cl2F2INO. The van der Waals surface area contributed by atoms with Crippen molar-refractivity contribution >= 4 is 57.1 Å². The second-order valence-corrected chi connectivity index (χ2v) is 7.05. The molecule has 2 aromatic carbocycles. The van der Waals surface area contributed by atoms with E-state index in [-0.39, 0.29) is 15.6 Å². The van der Waals surface area contributed by atoms with Crippen LogP contribution in [0, 0.1) is 3.57 Å². The molecule has 2 nitrogen and oxygen atoms in total. The van der Waals surface area contributed by atoms with Crippen molar-refractivity contribution in [2.45, 2.75) is 13.0 Å². The van der Waals surface area contributed by atoms with Gasteiger partial charge in [0.25, 0.3) is 0 Å². The molecule has 0 aromatic heterocycles. The molecule has 0 heterocycles. The molecule has 0 aliphatic rings. The molecule has 0 amide bonds. The third-order valence-corrected chi connectivity index (χ3v) is 4.28. The molecule has 0 unspecified atom stereocenters. The summed E-state index contributed by atoms with van der Waals surface area (Å²) >= 11 is 13.8. The van der Waals surface area contributed by atoms with Crippen molar-refractivity contribution in [3.63, 3.8) is 0 Å². The Labute approximate surface area is 162 Å². The predicted octanol–water partition coefficient (Wildman–Crippen LogP) is 6.64. The van der Waals surface area contributed by atoms with Gasteiger partial charge in [0, 0.05) is 13.6 Å². The third-order valence-electron chi connectivity index (χ3n) is 3.12. The third kappa shape index (κ3) is 4.91. The van der Waals surface area contributed by atoms with Crippen molar-refractivity contribution in [3.05, 3.63) is 73.8 Å². The molecule has 0 spiro atoms. The first-order valence-corrected chi connectivity index (χ1v) is 8.55. The summed E-state index contributed by atoms with van der Waals surface area (Å²) in [5.41, 5.74) is 0.510. The van der Waals surface area contributed by atoms with Gasteiger partial charge in [0.2, 0.25) is 0 Å². The minimum atomic E-state index is -3.70. The number of rotatable bonds is 5. The molecule has 2 aromatic rings. The Morgan fingerprint density at radius 3 is 2.17 bits per heavy atom. The molecular weight excluding hydrogens is 470 g/mol. The van der Waals surface area contributed by atoms with Crippen LogP contribution in [0.15, 0.2) is 54.2 Å². The maximum absolute atomic E-state index is 14.2. The topological polar surface area (TPSA) is 21.6 Å². The second kappa shape index (κ2) is 7.80. The summed E-state index contributed by atoms with van der Waals surface area (Å²) in [4.78, 5) is 4.44. The fraction of sp³-hybridized carbons (Fsp3) is 0.118. The largest absolute Gasteiger partial charge is 0.446 e. The van der Waals surface area contributed by atoms with Gasteiger partial charge in [-0.15, -0.1) is 0 Å². The van der Waals surface area contributed by atoms with Crippen LogP contribution in [0.2, 0.25) is 10.0 Å². The van der Waals surface area contributed by atoms with E-state index in [0.29, 0.717) is 11.3 Å². The molecule has 0 radical (unpaired) electrons. The summed E-state index contributed by atoms with van der Waals surface area (Å²) in [6, 6.07) is 11.4. The van der Waals surface area contributed by atoms with E-state index in [1.165, 1.54) is 18.2 Å². The van der Waals surface area contributed by atoms with E-state index in [4.69, 9.17) is 23.2 Å². The van der Waals surface area contributed by atoms with Crippen molar-refractivity contribution in [3.8, 4) is 0 Å². The first-order valence-electron chi connectivity index (χ1n) is 6.71. The van der Waals surface area contributed by atoms with Gasteiger partial charge in [-0.1, -0.05) is 47.1 Å². The second-order valence-electron chi connectivity index (χ2n) is 4.93. The molecule has 0 saturated carbocycles. The summed E-state index contributed by atoms with van der Waals surface area (Å²) in [7, 11) is 0. The van der Waals surface area contributed by atoms with Gasteiger partial charge < -0.3 is 4.84 Å². The van der Waals surface area contributed by atoms with E-state index in [9.17, 15) is 8.78 Å². The highest BCUT2D eigenvalue weighted by Gasteiger charge is 2.37. The summed E-state index contributed by atoms with van der Waals surface area (Å²) < 4.78 is 29.4. The monoisotopic (exact) mass is 481 g/mol. The van der Waals surface area contributed by atoms with Gasteiger partial charge in [-0.3, -0.25) is 0 Å². The average molecular weight is 482 g/mol. The molecule has 7 heteroatoms. The van der Waals surface area contributed by atoms with Gasteiger partial charge in [-0.2, -0.15) is 8.78 Å². The van der Waals surface area contributed by atoms with E-state index in [0.717, 1.165) is 3.57 Å². The lowest BCUT2D eigenvalue weighted by Crippen LogP contribution is -2.20. The molecule has 0 bridgehead atoms. The highest BCUT2D eigenvalue weighted by atomic mass is 127. The number of hydrogen-bond donors (Lipinski definition) is 0. The zero-order chi connectivity index (χ0) is 17.9. The molecule has 0 aliphatic heterocycles. The Kier molecular flexibility index (Phi) is 6.22. The quantitative estimate of drug-likeness (QED) is 0.266. The minimum absolute atomic E-state index is 0.0830. The normalized spacial score (nSPS) is 12.2. The van der Waals surface area contributed by atoms with Crippen LogP contribution in [0.4, 0.5) is 8.78 Å². The van der Waals surface area contributed by atoms with Crippen molar-refractivity contribution < 1.29 is 13.6 Å². The number of alkyl halides is 2. The predicted molar refractivity (Wildman–Crippen MR) is 103 cm³/mol. The number of halogens is 5. The van der Waals surface area contributed by atoms with E-state index < -0.39 is 11.7 Å². The number of nitrogens with zero attached hydrogens (tertiary/aromatic N) is 1. The molecule has 2 rings (SSSR count). The van der Waals surface area contributed by atoms with Gasteiger partial charge in [0.05, 0.1) is 11.3 Å². The zero-order valence-corrected chi connectivity index (χ0v) is 16.2. The van der Waals surface area contributed by atoms with Crippen molar-refractivity contribution in [1.82, 2.24) is 0 Å². The van der Waals surface area contributed by atoms with Crippen LogP contribution in [-0.2, 0) is 4.84 Å². The van der Waals surface area contributed by atoms with Gasteiger partial charge in [-0.05, 0) is 71.0 Å². The van der Waals surface area contributed by atoms with Crippen molar-refractivity contribution in [2.24, 2.45) is 5.16 Å². The first-order chi connectivity index (χ1) is 11.2. The Bertz CT molecular complexity index is 771. The minimum Gasteiger partial charge on any atom is -0.318 e. The van der Waals surface area contributed by atoms with Crippen LogP contribution in [-0.4, -0.2) is 11.8 Å². The SMILES string of the molecule is C=C(c1cc(Cl)cc(Cl)c1)C(F)(F)O/N=C(\C)c1ccc(I)cc1. The molecule has 0 N–H and O–H groups in total. The van der Waals surface area contributed by atoms with E-state index in [2.05, 4.69) is 39.2 Å². The maximum Gasteiger partial charge on any atom is 0.446 e. The van der Waals surface area contributed by atoms with Gasteiger partial charge >= 0.3 is 6.11 Å². The lowest BCUT2D eigenvalue weighted by molar-refractivity contribution is -0.191. The van der Waals surface area contributed by atoms with Gasteiger partial charge in [-0.25, -0.2) is 0 Å². The molecule has 0 aliphatic carbocycles. The van der Waals surface area contributed by atoms with Crippen LogP contribution in [0.1, 0.15) is 18.1 Å². The van der Waals surface area contributed by atoms with Crippen LogP contribution in [0.5, 0.6) is 0 Å². The Balaban J connectivity index is 2.19. The Morgan fingerprint density at radius 1 is 1.08 bits per heavy atom. The van der Waals surface area contributed by atoms with Crippen molar-refractivity contribution in [2.75, 3.05) is 0 Å². The van der Waals surface area contributed by atoms with Crippen LogP contribution < -0.4 is 0 Å². The molecule has 126 valence electrons. The molecule has 0 fully saturated rings. The lowest BCUT2D eigenvalue weighted by Gasteiger charge is -2.17. The van der Waals surface area contributed by atoms with Crippen molar-refractivity contribution in [1.29, 1.82) is 0 Å². The zero-order valence-electron chi connectivity index (χ0n) is 12.5. The highest BCUT2D eigenvalue weighted by Crippen LogP contribution is 2.35. The summed E-state index contributed by atoms with van der Waals surface area (Å²) in [6.45, 7) is 4.96. The fourth-order valence-corrected chi connectivity index (χ4v) is 2.71. The Morgan fingerprint density at radius 2 is 1.62 bits per heavy atom. The van der Waals surface area contributed by atoms with E-state index in [1.807, 2.05) is 12.1 Å². The molecule has 0 saturated heterocycles. The number of oxime groups is 1. The highest BCUT2D eigenvalue weighted by molar-refractivity contribution is 14.1. The number of hydrogen-bond acceptors (Lipinski definition) is 2. The summed E-state index contributed by atoms with van der Waals surface area (Å²) in [6.07, 6.45) is -3.70. The average Bonchev–Trinajstić information content (AvgIpc) is 2.51. The smallest absolute Gasteiger partial charge is 0.318 e. The van der Waals surface area contributed by atoms with Crippen LogP contribution in [0.25, 0.3) is 5.57 Å². The lowest BCUT2D eigenvalue weighted by atomic mass is 10.1. The molecule has 0 atom stereocenters. The van der Waals surface area contributed by atoms with Crippen LogP contribution in [0.3, 0.4) is 0 Å². The standard InChI is InChI=1S/C17H12Cl2F2INO/c1-10(13-7-14(18)9-15(19)8-13)17(20,21)24-23-11(2)12-3-5-16(22)6-4-12/h3-9H,1H2,2H3/b23-11+. The molecule has 24 heavy (non-hydrogen) atoms. The first kappa shape index (κ1) is 19.1. The van der Waals surface area contributed by atoms with E-state index in [1.54, 1.807) is 19.1 Å².